The molecule has 0 spiro atoms. The Morgan fingerprint density at radius 3 is 2.17 bits per heavy atom. The van der Waals surface area contributed by atoms with Gasteiger partial charge in [-0.2, -0.15) is 0 Å². The average Bonchev–Trinajstić information content (AvgIpc) is 3.06. The van der Waals surface area contributed by atoms with Crippen LogP contribution in [0.1, 0.15) is 55.7 Å². The Morgan fingerprint density at radius 2 is 1.41 bits per heavy atom. The molecule has 0 radical (unpaired) electrons. The molecule has 0 bridgehead atoms. The van der Waals surface area contributed by atoms with Gasteiger partial charge in [0.2, 0.25) is 0 Å². The molecule has 0 atom stereocenters. The van der Waals surface area contributed by atoms with Crippen molar-refractivity contribution in [2.24, 2.45) is 0 Å². The van der Waals surface area contributed by atoms with Crippen LogP contribution in [0, 0.1) is 17.5 Å². The van der Waals surface area contributed by atoms with Crippen LogP contribution in [0.4, 0.5) is 13.2 Å². The van der Waals surface area contributed by atoms with Gasteiger partial charge >= 0.3 is 0 Å². The topological polar surface area (TPSA) is 0 Å². The van der Waals surface area contributed by atoms with E-state index in [1.807, 2.05) is 6.07 Å². The van der Waals surface area contributed by atoms with Crippen molar-refractivity contribution in [3.8, 4) is 22.3 Å². The molecule has 0 fully saturated rings. The zero-order valence-electron chi connectivity index (χ0n) is 16.7. The van der Waals surface area contributed by atoms with E-state index in [1.54, 1.807) is 6.07 Å². The van der Waals surface area contributed by atoms with Crippen molar-refractivity contribution >= 4 is 0 Å². The zero-order valence-corrected chi connectivity index (χ0v) is 16.7. The van der Waals surface area contributed by atoms with E-state index >= 15 is 4.39 Å². The number of hydrogen-bond acceptors (Lipinski definition) is 0. The van der Waals surface area contributed by atoms with Crippen LogP contribution in [-0.2, 0) is 12.8 Å². The quantitative estimate of drug-likeness (QED) is 0.280. The van der Waals surface area contributed by atoms with Crippen molar-refractivity contribution in [2.45, 2.75) is 51.9 Å². The van der Waals surface area contributed by atoms with Crippen molar-refractivity contribution in [2.75, 3.05) is 0 Å². The summed E-state index contributed by atoms with van der Waals surface area (Å²) in [4.78, 5) is 0. The Labute approximate surface area is 170 Å². The molecule has 0 heterocycles. The fourth-order valence-electron chi connectivity index (χ4n) is 4.31. The van der Waals surface area contributed by atoms with Gasteiger partial charge in [0.1, 0.15) is 17.5 Å². The third kappa shape index (κ3) is 4.10. The SMILES string of the molecule is CCCCCCCc1ccc2c(c1)Cc1c-2ccc(-c2cc(F)cc(F)c2)c1F. The van der Waals surface area contributed by atoms with E-state index in [4.69, 9.17) is 0 Å². The number of aryl methyl sites for hydroxylation is 1. The first-order valence-corrected chi connectivity index (χ1v) is 10.5. The molecule has 0 N–H and O–H groups in total. The predicted octanol–water partition coefficient (Wildman–Crippen LogP) is 7.86. The molecular formula is C26H25F3. The molecule has 0 amide bonds. The minimum Gasteiger partial charge on any atom is -0.207 e. The lowest BCUT2D eigenvalue weighted by Gasteiger charge is -2.09. The van der Waals surface area contributed by atoms with Gasteiger partial charge in [0.25, 0.3) is 0 Å². The standard InChI is InChI=1S/C26H25F3/c1-2-3-4-5-6-7-17-8-9-22-18(12-17)15-25-24(22)11-10-23(26(25)29)19-13-20(27)16-21(28)14-19/h8-14,16H,2-7,15H2,1H3. The molecule has 150 valence electrons. The number of halogens is 3. The number of hydrogen-bond donors (Lipinski definition) is 0. The first-order valence-electron chi connectivity index (χ1n) is 10.5. The second-order valence-electron chi connectivity index (χ2n) is 7.94. The van der Waals surface area contributed by atoms with Crippen LogP contribution in [0.5, 0.6) is 0 Å². The van der Waals surface area contributed by atoms with Crippen LogP contribution in [0.3, 0.4) is 0 Å². The van der Waals surface area contributed by atoms with Gasteiger partial charge in [0.05, 0.1) is 0 Å². The lowest BCUT2D eigenvalue weighted by Crippen LogP contribution is -1.94. The highest BCUT2D eigenvalue weighted by molar-refractivity contribution is 5.81. The zero-order chi connectivity index (χ0) is 20.4. The monoisotopic (exact) mass is 394 g/mol. The van der Waals surface area contributed by atoms with E-state index in [-0.39, 0.29) is 16.9 Å². The second kappa shape index (κ2) is 8.44. The van der Waals surface area contributed by atoms with Gasteiger partial charge in [-0.25, -0.2) is 13.2 Å². The van der Waals surface area contributed by atoms with Gasteiger partial charge in [-0.15, -0.1) is 0 Å². The van der Waals surface area contributed by atoms with Crippen LogP contribution < -0.4 is 0 Å². The normalized spacial score (nSPS) is 12.1. The van der Waals surface area contributed by atoms with Crippen molar-refractivity contribution < 1.29 is 13.2 Å². The van der Waals surface area contributed by atoms with Crippen molar-refractivity contribution in [3.63, 3.8) is 0 Å². The largest absolute Gasteiger partial charge is 0.207 e. The molecule has 1 aliphatic rings. The summed E-state index contributed by atoms with van der Waals surface area (Å²) in [6, 6.07) is 13.1. The number of fused-ring (bicyclic) bond motifs is 3. The van der Waals surface area contributed by atoms with Crippen molar-refractivity contribution in [1.82, 2.24) is 0 Å². The minimum absolute atomic E-state index is 0.228. The van der Waals surface area contributed by atoms with Crippen LogP contribution in [0.15, 0.2) is 48.5 Å². The summed E-state index contributed by atoms with van der Waals surface area (Å²) in [5, 5.41) is 0. The van der Waals surface area contributed by atoms with Crippen LogP contribution >= 0.6 is 0 Å². The molecule has 3 aromatic rings. The fraction of sp³-hybridized carbons (Fsp3) is 0.308. The molecule has 3 heteroatoms. The van der Waals surface area contributed by atoms with Gasteiger partial charge in [0, 0.05) is 23.6 Å². The van der Waals surface area contributed by atoms with Gasteiger partial charge in [-0.3, -0.25) is 0 Å². The lowest BCUT2D eigenvalue weighted by molar-refractivity contribution is 0.583. The van der Waals surface area contributed by atoms with Crippen molar-refractivity contribution in [3.05, 3.63) is 82.7 Å². The fourth-order valence-corrected chi connectivity index (χ4v) is 4.31. The molecule has 0 aromatic heterocycles. The van der Waals surface area contributed by atoms with Gasteiger partial charge in [-0.1, -0.05) is 62.9 Å². The maximum absolute atomic E-state index is 15.3. The van der Waals surface area contributed by atoms with Gasteiger partial charge < -0.3 is 0 Å². The summed E-state index contributed by atoms with van der Waals surface area (Å²) in [6.45, 7) is 2.22. The Balaban J connectivity index is 1.57. The Bertz CT molecular complexity index is 1020. The number of benzene rings is 3. The highest BCUT2D eigenvalue weighted by Gasteiger charge is 2.24. The lowest BCUT2D eigenvalue weighted by atomic mass is 9.97. The number of rotatable bonds is 7. The molecule has 0 nitrogen and oxygen atoms in total. The van der Waals surface area contributed by atoms with Crippen LogP contribution in [-0.4, -0.2) is 0 Å². The van der Waals surface area contributed by atoms with E-state index in [0.29, 0.717) is 12.0 Å². The molecule has 0 saturated heterocycles. The maximum Gasteiger partial charge on any atom is 0.135 e. The molecule has 3 aromatic carbocycles. The summed E-state index contributed by atoms with van der Waals surface area (Å²) in [6.07, 6.45) is 7.79. The van der Waals surface area contributed by atoms with Gasteiger partial charge in [-0.05, 0) is 52.8 Å². The predicted molar refractivity (Wildman–Crippen MR) is 112 cm³/mol. The molecule has 0 unspecified atom stereocenters. The van der Waals surface area contributed by atoms with E-state index in [1.165, 1.54) is 49.8 Å². The van der Waals surface area contributed by atoms with E-state index in [2.05, 4.69) is 25.1 Å². The summed E-state index contributed by atoms with van der Waals surface area (Å²) in [5.41, 5.74) is 5.45. The smallest absolute Gasteiger partial charge is 0.135 e. The summed E-state index contributed by atoms with van der Waals surface area (Å²) < 4.78 is 42.4. The highest BCUT2D eigenvalue weighted by atomic mass is 19.1. The highest BCUT2D eigenvalue weighted by Crippen LogP contribution is 2.41. The molecule has 29 heavy (non-hydrogen) atoms. The first kappa shape index (κ1) is 19.8. The van der Waals surface area contributed by atoms with Crippen molar-refractivity contribution in [1.29, 1.82) is 0 Å². The third-order valence-corrected chi connectivity index (χ3v) is 5.81. The van der Waals surface area contributed by atoms with Crippen LogP contribution in [0.2, 0.25) is 0 Å². The molecule has 0 saturated carbocycles. The van der Waals surface area contributed by atoms with Crippen LogP contribution in [0.25, 0.3) is 22.3 Å². The summed E-state index contributed by atoms with van der Waals surface area (Å²) in [7, 11) is 0. The Kier molecular flexibility index (Phi) is 5.75. The molecule has 1 aliphatic carbocycles. The van der Waals surface area contributed by atoms with Gasteiger partial charge in [0.15, 0.2) is 0 Å². The van der Waals surface area contributed by atoms with E-state index < -0.39 is 11.6 Å². The van der Waals surface area contributed by atoms with E-state index in [0.717, 1.165) is 29.2 Å². The van der Waals surface area contributed by atoms with E-state index in [9.17, 15) is 8.78 Å². The third-order valence-electron chi connectivity index (χ3n) is 5.81. The second-order valence-corrected chi connectivity index (χ2v) is 7.94. The minimum atomic E-state index is -0.702. The first-order chi connectivity index (χ1) is 14.1. The molecule has 0 aliphatic heterocycles. The Morgan fingerprint density at radius 1 is 0.724 bits per heavy atom. The maximum atomic E-state index is 15.3. The molecule has 4 rings (SSSR count). The summed E-state index contributed by atoms with van der Waals surface area (Å²) in [5.74, 6) is -1.79. The molecular weight excluding hydrogens is 369 g/mol. The number of unbranched alkanes of at least 4 members (excludes halogenated alkanes) is 4. The Hall–Kier alpha value is -2.55. The average molecular weight is 394 g/mol. The summed E-state index contributed by atoms with van der Waals surface area (Å²) >= 11 is 0.